The lowest BCUT2D eigenvalue weighted by Gasteiger charge is -2.37. The molecule has 0 aliphatic carbocycles. The number of methoxy groups -OCH3 is 2. The van der Waals surface area contributed by atoms with Crippen LogP contribution in [0, 0.1) is 0 Å². The zero-order valence-electron chi connectivity index (χ0n) is 42.1. The van der Waals surface area contributed by atoms with Crippen LogP contribution in [0.4, 0.5) is 22.7 Å². The number of para-hydroxylation sites is 4. The molecule has 5 aromatic carbocycles. The monoisotopic (exact) mass is 919 g/mol. The predicted molar refractivity (Wildman–Crippen MR) is 285 cm³/mol. The number of piperazine rings is 2. The molecule has 10 heteroatoms. The van der Waals surface area contributed by atoms with Crippen molar-refractivity contribution in [1.29, 1.82) is 0 Å². The van der Waals surface area contributed by atoms with E-state index in [2.05, 4.69) is 152 Å². The Morgan fingerprint density at radius 2 is 0.941 bits per heavy atom. The van der Waals surface area contributed by atoms with Crippen molar-refractivity contribution < 1.29 is 9.47 Å². The number of aliphatic imine (C=N–C) groups is 1. The van der Waals surface area contributed by atoms with Crippen LogP contribution in [0.2, 0.25) is 0 Å². The smallest absolute Gasteiger partial charge is 0.131 e. The Hall–Kier alpha value is -5.23. The lowest BCUT2D eigenvalue weighted by atomic mass is 9.95. The highest BCUT2D eigenvalue weighted by atomic mass is 16.5. The standard InChI is InChI=1S/C21H27N3.C20H25N3.C17H26N2O2/c1-2-22-11-13-23(14-12-22)15-16-24-20-9-5-3-7-18(20)17-19-8-4-6-10-21(19)24;1-21-10-12-22(13-11-21)14-15-23-19-8-4-2-6-17(19)16-18-7-3-5-9-20(18)23;1-5-19-11-7-8-14(19)12-18-13(2)17-15(20-3)9-6-10-16(17)21-4/h3-10H,2,11-17H2,1H3;2-9H,10-16H2,1H3;6,9-10,14H,5,7-8,11-12H2,1-4H3. The van der Waals surface area contributed by atoms with E-state index in [-0.39, 0.29) is 0 Å². The van der Waals surface area contributed by atoms with E-state index in [1.54, 1.807) is 14.2 Å². The predicted octanol–water partition coefficient (Wildman–Crippen LogP) is 9.34. The quantitative estimate of drug-likeness (QED) is 0.108. The molecule has 1 atom stereocenters. The molecule has 10 rings (SSSR count). The Labute approximate surface area is 408 Å². The van der Waals surface area contributed by atoms with E-state index < -0.39 is 0 Å². The van der Waals surface area contributed by atoms with Gasteiger partial charge in [-0.15, -0.1) is 0 Å². The molecule has 0 saturated carbocycles. The highest BCUT2D eigenvalue weighted by molar-refractivity contribution is 6.03. The van der Waals surface area contributed by atoms with Crippen LogP contribution in [-0.2, 0) is 12.8 Å². The number of ether oxygens (including phenoxy) is 2. The molecule has 0 aromatic heterocycles. The Morgan fingerprint density at radius 3 is 1.37 bits per heavy atom. The van der Waals surface area contributed by atoms with E-state index >= 15 is 0 Å². The maximum atomic E-state index is 5.45. The SMILES string of the molecule is CCN1CCCC1CN=C(C)c1c(OC)cccc1OC.CCN1CCN(CCN2c3ccccc3Cc3ccccc32)CC1.CN1CCN(CCN2c3ccccc3Cc3ccccc32)CC1. The van der Waals surface area contributed by atoms with Crippen molar-refractivity contribution in [3.05, 3.63) is 143 Å². The summed E-state index contributed by atoms with van der Waals surface area (Å²) in [5.41, 5.74) is 13.3. The van der Waals surface area contributed by atoms with Gasteiger partial charge in [-0.2, -0.15) is 0 Å². The van der Waals surface area contributed by atoms with Gasteiger partial charge >= 0.3 is 0 Å². The van der Waals surface area contributed by atoms with Crippen LogP contribution >= 0.6 is 0 Å². The van der Waals surface area contributed by atoms with E-state index in [4.69, 9.17) is 14.5 Å². The van der Waals surface area contributed by atoms with Gasteiger partial charge in [0.2, 0.25) is 0 Å². The summed E-state index contributed by atoms with van der Waals surface area (Å²) in [6.07, 6.45) is 4.63. The molecule has 0 bridgehead atoms. The first kappa shape index (κ1) is 49.2. The van der Waals surface area contributed by atoms with Crippen molar-refractivity contribution in [2.75, 3.05) is 136 Å². The molecule has 3 fully saturated rings. The van der Waals surface area contributed by atoms with Crippen LogP contribution < -0.4 is 19.3 Å². The molecule has 3 saturated heterocycles. The Bertz CT molecular complexity index is 2270. The van der Waals surface area contributed by atoms with Gasteiger partial charge in [0.05, 0.1) is 26.3 Å². The summed E-state index contributed by atoms with van der Waals surface area (Å²) < 4.78 is 10.9. The second-order valence-corrected chi connectivity index (χ2v) is 19.0. The third-order valence-corrected chi connectivity index (χ3v) is 14.9. The second-order valence-electron chi connectivity index (χ2n) is 19.0. The zero-order chi connectivity index (χ0) is 47.2. The van der Waals surface area contributed by atoms with Crippen molar-refractivity contribution in [1.82, 2.24) is 24.5 Å². The van der Waals surface area contributed by atoms with E-state index in [1.807, 2.05) is 25.1 Å². The molecule has 10 nitrogen and oxygen atoms in total. The van der Waals surface area contributed by atoms with Gasteiger partial charge < -0.3 is 29.1 Å². The molecule has 362 valence electrons. The average molecular weight is 919 g/mol. The minimum absolute atomic E-state index is 0.575. The Balaban J connectivity index is 0.000000138. The molecule has 0 amide bonds. The van der Waals surface area contributed by atoms with Crippen LogP contribution in [0.5, 0.6) is 11.5 Å². The minimum atomic E-state index is 0.575. The lowest BCUT2D eigenvalue weighted by Crippen LogP contribution is -2.48. The van der Waals surface area contributed by atoms with Crippen molar-refractivity contribution in [3.8, 4) is 11.5 Å². The maximum Gasteiger partial charge on any atom is 0.131 e. The zero-order valence-corrected chi connectivity index (χ0v) is 42.1. The molecule has 1 unspecified atom stereocenters. The van der Waals surface area contributed by atoms with Crippen LogP contribution in [0.15, 0.2) is 120 Å². The Morgan fingerprint density at radius 1 is 0.515 bits per heavy atom. The van der Waals surface area contributed by atoms with Gasteiger partial charge in [0.1, 0.15) is 11.5 Å². The molecule has 0 spiro atoms. The number of rotatable bonds is 13. The third kappa shape index (κ3) is 12.1. The van der Waals surface area contributed by atoms with Gasteiger partial charge in [-0.05, 0) is 105 Å². The van der Waals surface area contributed by atoms with Crippen molar-refractivity contribution in [2.24, 2.45) is 4.99 Å². The molecule has 5 aliphatic heterocycles. The highest BCUT2D eigenvalue weighted by Gasteiger charge is 2.26. The first-order chi connectivity index (χ1) is 33.4. The number of anilines is 4. The molecule has 0 radical (unpaired) electrons. The van der Waals surface area contributed by atoms with Gasteiger partial charge in [0, 0.05) is 126 Å². The number of hydrogen-bond acceptors (Lipinski definition) is 10. The second kappa shape index (κ2) is 24.4. The van der Waals surface area contributed by atoms with Crippen LogP contribution in [0.3, 0.4) is 0 Å². The van der Waals surface area contributed by atoms with E-state index in [0.717, 1.165) is 74.9 Å². The minimum Gasteiger partial charge on any atom is -0.496 e. The van der Waals surface area contributed by atoms with Gasteiger partial charge in [-0.25, -0.2) is 0 Å². The van der Waals surface area contributed by atoms with Gasteiger partial charge in [-0.1, -0.05) is 92.7 Å². The summed E-state index contributed by atoms with van der Waals surface area (Å²) in [6.45, 7) is 24.8. The number of nitrogens with zero attached hydrogens (tertiary/aromatic N) is 8. The van der Waals surface area contributed by atoms with Gasteiger partial charge in [-0.3, -0.25) is 19.7 Å². The summed E-state index contributed by atoms with van der Waals surface area (Å²) in [6, 6.07) is 41.9. The molecule has 5 aliphatic rings. The first-order valence-electron chi connectivity index (χ1n) is 25.6. The van der Waals surface area contributed by atoms with Gasteiger partial charge in [0.15, 0.2) is 0 Å². The molecule has 5 aromatic rings. The largest absolute Gasteiger partial charge is 0.496 e. The summed E-state index contributed by atoms with van der Waals surface area (Å²) >= 11 is 0. The third-order valence-electron chi connectivity index (χ3n) is 14.9. The van der Waals surface area contributed by atoms with Crippen LogP contribution in [0.1, 0.15) is 61.4 Å². The number of likely N-dealkylation sites (N-methyl/N-ethyl adjacent to an activating group) is 3. The van der Waals surface area contributed by atoms with E-state index in [9.17, 15) is 0 Å². The molecular weight excluding hydrogens is 841 g/mol. The molecule has 0 N–H and O–H groups in total. The Kier molecular flexibility index (Phi) is 17.6. The number of hydrogen-bond donors (Lipinski definition) is 0. The van der Waals surface area contributed by atoms with Crippen molar-refractivity contribution in [3.63, 3.8) is 0 Å². The number of fused-ring (bicyclic) bond motifs is 4. The first-order valence-corrected chi connectivity index (χ1v) is 25.6. The van der Waals surface area contributed by atoms with Crippen molar-refractivity contribution >= 4 is 28.5 Å². The lowest BCUT2D eigenvalue weighted by molar-refractivity contribution is 0.140. The fourth-order valence-electron chi connectivity index (χ4n) is 10.8. The average Bonchev–Trinajstić information content (AvgIpc) is 3.86. The maximum absolute atomic E-state index is 5.45. The molecule has 5 heterocycles. The number of likely N-dealkylation sites (tertiary alicyclic amines) is 1. The topological polar surface area (TPSA) is 53.5 Å². The number of benzene rings is 5. The van der Waals surface area contributed by atoms with Gasteiger partial charge in [0.25, 0.3) is 0 Å². The van der Waals surface area contributed by atoms with E-state index in [0.29, 0.717) is 6.04 Å². The van der Waals surface area contributed by atoms with Crippen LogP contribution in [0.25, 0.3) is 0 Å². The van der Waals surface area contributed by atoms with E-state index in [1.165, 1.54) is 123 Å². The fraction of sp³-hybridized carbons (Fsp3) is 0.466. The normalized spacial score (nSPS) is 18.9. The molecule has 68 heavy (non-hydrogen) atoms. The van der Waals surface area contributed by atoms with Crippen molar-refractivity contribution in [2.45, 2.75) is 52.5 Å². The highest BCUT2D eigenvalue weighted by Crippen LogP contribution is 2.39. The summed E-state index contributed by atoms with van der Waals surface area (Å²) in [5.74, 6) is 1.63. The van der Waals surface area contributed by atoms with Crippen LogP contribution in [-0.4, -0.2) is 162 Å². The molecular formula is C58H78N8O2. The summed E-state index contributed by atoms with van der Waals surface area (Å²) in [4.78, 5) is 22.5. The summed E-state index contributed by atoms with van der Waals surface area (Å²) in [5, 5.41) is 0. The fourth-order valence-corrected chi connectivity index (χ4v) is 10.8. The summed E-state index contributed by atoms with van der Waals surface area (Å²) in [7, 11) is 5.58.